The molecule has 4 atom stereocenters. The number of ether oxygens (including phenoxy) is 1. The standard InChI is InChI=1S/C24H21ClN4O6/c1-2-35-22(33)11-3-6-13(7-4-11)29-20(31)18-16(10-17(26)30)28-24(19(18)21(29)32)14-9-12(25)5-8-15(14)27-23(24)34/h3-9,16,18-19,28H,2,10H2,1H3,(H2,26,30)(H,27,34)/t16-,18+,19-,24+/m0/s1. The molecule has 4 N–H and O–H groups in total. The van der Waals surface area contributed by atoms with Crippen LogP contribution in [0.1, 0.15) is 29.3 Å². The maximum absolute atomic E-state index is 13.8. The van der Waals surface area contributed by atoms with Crippen molar-refractivity contribution < 1.29 is 28.7 Å². The number of nitrogens with two attached hydrogens (primary N) is 1. The van der Waals surface area contributed by atoms with Crippen LogP contribution in [0.2, 0.25) is 5.02 Å². The first-order valence-corrected chi connectivity index (χ1v) is 11.4. The van der Waals surface area contributed by atoms with Crippen LogP contribution in [-0.4, -0.2) is 42.2 Å². The molecule has 10 nitrogen and oxygen atoms in total. The summed E-state index contributed by atoms with van der Waals surface area (Å²) in [7, 11) is 0. The maximum atomic E-state index is 13.8. The van der Waals surface area contributed by atoms with Crippen molar-refractivity contribution >= 4 is 52.6 Å². The summed E-state index contributed by atoms with van der Waals surface area (Å²) in [5.74, 6) is -5.05. The van der Waals surface area contributed by atoms with Gasteiger partial charge in [-0.2, -0.15) is 0 Å². The van der Waals surface area contributed by atoms with E-state index >= 15 is 0 Å². The van der Waals surface area contributed by atoms with Gasteiger partial charge in [-0.1, -0.05) is 11.6 Å². The van der Waals surface area contributed by atoms with Crippen molar-refractivity contribution in [1.29, 1.82) is 0 Å². The number of nitrogens with zero attached hydrogens (tertiary/aromatic N) is 1. The Morgan fingerprint density at radius 2 is 1.83 bits per heavy atom. The van der Waals surface area contributed by atoms with E-state index in [1.807, 2.05) is 0 Å². The Hall–Kier alpha value is -3.76. The first-order chi connectivity index (χ1) is 16.7. The Morgan fingerprint density at radius 3 is 2.49 bits per heavy atom. The minimum Gasteiger partial charge on any atom is -0.462 e. The van der Waals surface area contributed by atoms with Gasteiger partial charge in [-0.15, -0.1) is 0 Å². The van der Waals surface area contributed by atoms with Crippen molar-refractivity contribution in [3.63, 3.8) is 0 Å². The third-order valence-corrected chi connectivity index (χ3v) is 6.97. The van der Waals surface area contributed by atoms with E-state index in [4.69, 9.17) is 22.1 Å². The SMILES string of the molecule is CCOC(=O)c1ccc(N2C(=O)[C@@H]3[C@H](CC(N)=O)N[C@@]4(C(=O)Nc5ccc(Cl)cc54)[C@@H]3C2=O)cc1. The van der Waals surface area contributed by atoms with Crippen LogP contribution in [-0.2, 0) is 29.5 Å². The van der Waals surface area contributed by atoms with Crippen LogP contribution >= 0.6 is 11.6 Å². The average Bonchev–Trinajstić information content (AvgIpc) is 3.38. The normalized spacial score (nSPS) is 26.6. The second-order valence-electron chi connectivity index (χ2n) is 8.66. The van der Waals surface area contributed by atoms with Gasteiger partial charge in [0.15, 0.2) is 0 Å². The first kappa shape index (κ1) is 23.0. The zero-order valence-corrected chi connectivity index (χ0v) is 19.3. The zero-order chi connectivity index (χ0) is 25.1. The van der Waals surface area contributed by atoms with E-state index in [1.165, 1.54) is 24.3 Å². The van der Waals surface area contributed by atoms with E-state index in [1.54, 1.807) is 25.1 Å². The van der Waals surface area contributed by atoms with Gasteiger partial charge >= 0.3 is 5.97 Å². The summed E-state index contributed by atoms with van der Waals surface area (Å²) in [6.45, 7) is 1.89. The number of nitrogens with one attached hydrogen (secondary N) is 2. The van der Waals surface area contributed by atoms with E-state index in [9.17, 15) is 24.0 Å². The molecular weight excluding hydrogens is 476 g/mol. The quantitative estimate of drug-likeness (QED) is 0.417. The minimum atomic E-state index is -1.60. The summed E-state index contributed by atoms with van der Waals surface area (Å²) in [5.41, 5.74) is 5.22. The highest BCUT2D eigenvalue weighted by Gasteiger charge is 2.70. The van der Waals surface area contributed by atoms with Crippen LogP contribution in [0, 0.1) is 11.8 Å². The Morgan fingerprint density at radius 1 is 1.11 bits per heavy atom. The van der Waals surface area contributed by atoms with E-state index in [0.717, 1.165) is 4.90 Å². The van der Waals surface area contributed by atoms with Gasteiger partial charge in [0.1, 0.15) is 5.54 Å². The molecule has 11 heteroatoms. The maximum Gasteiger partial charge on any atom is 0.338 e. The number of imide groups is 1. The monoisotopic (exact) mass is 496 g/mol. The van der Waals surface area contributed by atoms with E-state index < -0.39 is 53.0 Å². The number of hydrogen-bond acceptors (Lipinski definition) is 7. The molecule has 35 heavy (non-hydrogen) atoms. The summed E-state index contributed by atoms with van der Waals surface area (Å²) >= 11 is 6.21. The summed E-state index contributed by atoms with van der Waals surface area (Å²) in [4.78, 5) is 65.6. The van der Waals surface area contributed by atoms with Gasteiger partial charge in [-0.3, -0.25) is 24.5 Å². The second kappa shape index (κ2) is 8.17. The second-order valence-corrected chi connectivity index (χ2v) is 9.09. The Balaban J connectivity index is 1.59. The number of carbonyl (C=O) groups is 5. The molecule has 3 aliphatic heterocycles. The van der Waals surface area contributed by atoms with Crippen molar-refractivity contribution in [3.8, 4) is 0 Å². The van der Waals surface area contributed by atoms with E-state index in [2.05, 4.69) is 10.6 Å². The molecule has 2 saturated heterocycles. The molecule has 2 aromatic carbocycles. The molecule has 0 aromatic heterocycles. The van der Waals surface area contributed by atoms with Crippen molar-refractivity contribution in [1.82, 2.24) is 5.32 Å². The number of fused-ring (bicyclic) bond motifs is 4. The molecule has 0 unspecified atom stereocenters. The lowest BCUT2D eigenvalue weighted by Gasteiger charge is -2.29. The molecule has 5 rings (SSSR count). The fourth-order valence-corrected chi connectivity index (χ4v) is 5.55. The molecule has 1 spiro atoms. The number of carbonyl (C=O) groups excluding carboxylic acids is 5. The fraction of sp³-hybridized carbons (Fsp3) is 0.292. The molecule has 4 amide bonds. The smallest absolute Gasteiger partial charge is 0.338 e. The summed E-state index contributed by atoms with van der Waals surface area (Å²) in [6, 6.07) is 9.77. The van der Waals surface area contributed by atoms with Gasteiger partial charge in [0.2, 0.25) is 23.6 Å². The lowest BCUT2D eigenvalue weighted by molar-refractivity contribution is -0.130. The van der Waals surface area contributed by atoms with Crippen LogP contribution < -0.4 is 21.3 Å². The van der Waals surface area contributed by atoms with Crippen molar-refractivity contribution in [2.45, 2.75) is 24.9 Å². The number of esters is 1. The lowest BCUT2D eigenvalue weighted by atomic mass is 9.76. The molecule has 3 heterocycles. The summed E-state index contributed by atoms with van der Waals surface area (Å²) in [6.07, 6.45) is -0.249. The highest BCUT2D eigenvalue weighted by molar-refractivity contribution is 6.31. The molecule has 0 saturated carbocycles. The summed E-state index contributed by atoms with van der Waals surface area (Å²) in [5, 5.41) is 6.21. The van der Waals surface area contributed by atoms with E-state index in [0.29, 0.717) is 16.3 Å². The molecule has 180 valence electrons. The van der Waals surface area contributed by atoms with Gasteiger partial charge in [-0.25, -0.2) is 9.69 Å². The number of benzene rings is 2. The highest BCUT2D eigenvalue weighted by atomic mass is 35.5. The molecule has 0 aliphatic carbocycles. The molecular formula is C24H21ClN4O6. The van der Waals surface area contributed by atoms with Gasteiger partial charge in [0.25, 0.3) is 0 Å². The van der Waals surface area contributed by atoms with E-state index in [-0.39, 0.29) is 24.3 Å². The molecule has 0 radical (unpaired) electrons. The minimum absolute atomic E-state index is 0.205. The Bertz CT molecular complexity index is 1300. The van der Waals surface area contributed by atoms with Crippen LogP contribution in [0.25, 0.3) is 0 Å². The Kier molecular flexibility index (Phi) is 5.37. The third-order valence-electron chi connectivity index (χ3n) is 6.73. The molecule has 2 aromatic rings. The van der Waals surface area contributed by atoms with Crippen LogP contribution in [0.5, 0.6) is 0 Å². The van der Waals surface area contributed by atoms with Gasteiger partial charge < -0.3 is 15.8 Å². The Labute approximate surface area is 204 Å². The topological polar surface area (TPSA) is 148 Å². The lowest BCUT2D eigenvalue weighted by Crippen LogP contribution is -2.53. The largest absolute Gasteiger partial charge is 0.462 e. The summed E-state index contributed by atoms with van der Waals surface area (Å²) < 4.78 is 4.97. The number of rotatable bonds is 5. The molecule has 0 bridgehead atoms. The molecule has 3 aliphatic rings. The number of anilines is 2. The predicted molar refractivity (Wildman–Crippen MR) is 124 cm³/mol. The number of hydrogen-bond donors (Lipinski definition) is 3. The third kappa shape index (κ3) is 3.32. The number of primary amides is 1. The van der Waals surface area contributed by atoms with Crippen LogP contribution in [0.3, 0.4) is 0 Å². The van der Waals surface area contributed by atoms with Crippen LogP contribution in [0.15, 0.2) is 42.5 Å². The van der Waals surface area contributed by atoms with Crippen molar-refractivity contribution in [2.75, 3.05) is 16.8 Å². The van der Waals surface area contributed by atoms with Crippen LogP contribution in [0.4, 0.5) is 11.4 Å². The highest BCUT2D eigenvalue weighted by Crippen LogP contribution is 2.54. The predicted octanol–water partition coefficient (Wildman–Crippen LogP) is 1.32. The zero-order valence-electron chi connectivity index (χ0n) is 18.5. The van der Waals surface area contributed by atoms with Crippen molar-refractivity contribution in [2.24, 2.45) is 17.6 Å². The number of amides is 4. The molecule has 2 fully saturated rings. The first-order valence-electron chi connectivity index (χ1n) is 11.0. The van der Waals surface area contributed by atoms with Crippen molar-refractivity contribution in [3.05, 3.63) is 58.6 Å². The fourth-order valence-electron chi connectivity index (χ4n) is 5.38. The van der Waals surface area contributed by atoms with Gasteiger partial charge in [0.05, 0.1) is 29.7 Å². The average molecular weight is 497 g/mol. The number of halogens is 1. The van der Waals surface area contributed by atoms with Gasteiger partial charge in [0, 0.05) is 28.7 Å². The van der Waals surface area contributed by atoms with Gasteiger partial charge in [-0.05, 0) is 49.4 Å².